The molecule has 0 bridgehead atoms. The fraction of sp³-hybridized carbons (Fsp3) is 0. The van der Waals surface area contributed by atoms with Crippen LogP contribution < -0.4 is 20.1 Å². The fourth-order valence-electron chi connectivity index (χ4n) is 2.57. The second-order valence-electron chi connectivity index (χ2n) is 5.66. The molecule has 6 heteroatoms. The van der Waals surface area contributed by atoms with Crippen LogP contribution >= 0.6 is 0 Å². The van der Waals surface area contributed by atoms with Crippen LogP contribution in [0.4, 0.5) is 11.4 Å². The van der Waals surface area contributed by atoms with Crippen LogP contribution in [-0.2, 0) is 9.59 Å². The van der Waals surface area contributed by atoms with Crippen LogP contribution in [0.3, 0.4) is 0 Å². The van der Waals surface area contributed by atoms with Crippen molar-refractivity contribution in [3.8, 4) is 11.5 Å². The van der Waals surface area contributed by atoms with E-state index >= 15 is 0 Å². The van der Waals surface area contributed by atoms with Crippen molar-refractivity contribution < 1.29 is 19.1 Å². The molecule has 0 unspecified atom stereocenters. The Morgan fingerprint density at radius 3 is 1.46 bits per heavy atom. The third-order valence-electron chi connectivity index (χ3n) is 3.82. The summed E-state index contributed by atoms with van der Waals surface area (Å²) in [5, 5.41) is 5.88. The Balaban J connectivity index is 1.79. The average molecular weight is 374 g/mol. The van der Waals surface area contributed by atoms with Crippen molar-refractivity contribution in [3.05, 3.63) is 97.8 Å². The van der Waals surface area contributed by atoms with E-state index in [0.717, 1.165) is 0 Å². The molecule has 6 nitrogen and oxygen atoms in total. The molecule has 0 atom stereocenters. The number of carbonyl (C=O) groups excluding carboxylic acids is 2. The summed E-state index contributed by atoms with van der Waals surface area (Å²) in [5.74, 6) is 0.277. The average Bonchev–Trinajstić information content (AvgIpc) is 2.69. The summed E-state index contributed by atoms with van der Waals surface area (Å²) < 4.78 is 10.6. The van der Waals surface area contributed by atoms with Crippen LogP contribution in [-0.4, -0.2) is 11.6 Å². The summed E-state index contributed by atoms with van der Waals surface area (Å²) >= 11 is 0. The van der Waals surface area contributed by atoms with Crippen LogP contribution in [0.1, 0.15) is 0 Å². The molecular weight excluding hydrogens is 356 g/mol. The first kappa shape index (κ1) is 18.7. The standard InChI is InChI=1S/C22H18N2O4/c1-3-27-21-11-7-5-9-15(21)23-17-13-20(26)18(14-19(17)25)24-16-10-6-8-12-22(16)28-4-2/h3-14,23-24H,1-2H2. The summed E-state index contributed by atoms with van der Waals surface area (Å²) in [6, 6.07) is 14.1. The van der Waals surface area contributed by atoms with Gasteiger partial charge in [-0.1, -0.05) is 37.4 Å². The van der Waals surface area contributed by atoms with Crippen molar-refractivity contribution in [3.63, 3.8) is 0 Å². The number of nitrogens with one attached hydrogen (secondary N) is 2. The predicted molar refractivity (Wildman–Crippen MR) is 108 cm³/mol. The van der Waals surface area contributed by atoms with Crippen molar-refractivity contribution in [2.75, 3.05) is 10.6 Å². The monoisotopic (exact) mass is 374 g/mol. The number of hydrogen-bond donors (Lipinski definition) is 2. The lowest BCUT2D eigenvalue weighted by Gasteiger charge is -2.17. The highest BCUT2D eigenvalue weighted by Gasteiger charge is 2.22. The molecule has 2 aromatic rings. The molecule has 0 aromatic heterocycles. The van der Waals surface area contributed by atoms with Crippen LogP contribution in [0, 0.1) is 0 Å². The molecule has 28 heavy (non-hydrogen) atoms. The van der Waals surface area contributed by atoms with E-state index in [2.05, 4.69) is 23.8 Å². The first-order valence-corrected chi connectivity index (χ1v) is 8.41. The Morgan fingerprint density at radius 1 is 0.679 bits per heavy atom. The van der Waals surface area contributed by atoms with Crippen molar-refractivity contribution in [2.24, 2.45) is 0 Å². The Labute approximate surface area is 162 Å². The molecule has 140 valence electrons. The molecule has 2 aromatic carbocycles. The molecule has 0 spiro atoms. The van der Waals surface area contributed by atoms with Gasteiger partial charge in [0, 0.05) is 12.2 Å². The quantitative estimate of drug-likeness (QED) is 0.533. The summed E-state index contributed by atoms with van der Waals surface area (Å²) in [7, 11) is 0. The van der Waals surface area contributed by atoms with Gasteiger partial charge in [-0.05, 0) is 24.3 Å². The molecule has 1 aliphatic rings. The normalized spacial score (nSPS) is 13.1. The van der Waals surface area contributed by atoms with E-state index in [1.807, 2.05) is 0 Å². The molecule has 0 saturated carbocycles. The molecular formula is C22H18N2O4. The van der Waals surface area contributed by atoms with Gasteiger partial charge in [0.15, 0.2) is 0 Å². The van der Waals surface area contributed by atoms with Gasteiger partial charge in [-0.15, -0.1) is 0 Å². The largest absolute Gasteiger partial charge is 0.463 e. The van der Waals surface area contributed by atoms with Crippen LogP contribution in [0.25, 0.3) is 0 Å². The molecule has 1 aliphatic carbocycles. The number of hydrogen-bond acceptors (Lipinski definition) is 6. The first-order valence-electron chi connectivity index (χ1n) is 8.41. The van der Waals surface area contributed by atoms with Crippen LogP contribution in [0.2, 0.25) is 0 Å². The molecule has 0 aliphatic heterocycles. The molecule has 0 radical (unpaired) electrons. The zero-order valence-corrected chi connectivity index (χ0v) is 15.0. The maximum Gasteiger partial charge on any atom is 0.204 e. The minimum absolute atomic E-state index is 0.145. The Hall–Kier alpha value is -4.06. The fourth-order valence-corrected chi connectivity index (χ4v) is 2.57. The Bertz CT molecular complexity index is 924. The van der Waals surface area contributed by atoms with E-state index in [1.54, 1.807) is 48.5 Å². The first-order chi connectivity index (χ1) is 13.6. The van der Waals surface area contributed by atoms with Gasteiger partial charge >= 0.3 is 0 Å². The minimum Gasteiger partial charge on any atom is -0.463 e. The van der Waals surface area contributed by atoms with E-state index in [0.29, 0.717) is 22.9 Å². The number of ether oxygens (including phenoxy) is 2. The van der Waals surface area contributed by atoms with Gasteiger partial charge in [0.05, 0.1) is 35.3 Å². The molecule has 3 rings (SSSR count). The SMILES string of the molecule is C=COc1ccccc1NC1=CC(=O)C(Nc2ccccc2OC=C)=CC1=O. The van der Waals surface area contributed by atoms with Gasteiger partial charge in [0.2, 0.25) is 11.6 Å². The van der Waals surface area contributed by atoms with Gasteiger partial charge in [-0.3, -0.25) is 9.59 Å². The molecule has 0 heterocycles. The number of benzene rings is 2. The second kappa shape index (κ2) is 8.55. The number of para-hydroxylation sites is 4. The van der Waals surface area contributed by atoms with Crippen LogP contribution in [0.5, 0.6) is 11.5 Å². The molecule has 0 saturated heterocycles. The topological polar surface area (TPSA) is 76.7 Å². The lowest BCUT2D eigenvalue weighted by molar-refractivity contribution is -0.115. The van der Waals surface area contributed by atoms with E-state index in [9.17, 15) is 9.59 Å². The zero-order valence-electron chi connectivity index (χ0n) is 15.0. The van der Waals surface area contributed by atoms with E-state index in [4.69, 9.17) is 9.47 Å². The van der Waals surface area contributed by atoms with Crippen molar-refractivity contribution in [2.45, 2.75) is 0 Å². The van der Waals surface area contributed by atoms with Gasteiger partial charge < -0.3 is 20.1 Å². The summed E-state index contributed by atoms with van der Waals surface area (Å²) in [4.78, 5) is 25.0. The number of anilines is 2. The van der Waals surface area contributed by atoms with Crippen LogP contribution in [0.15, 0.2) is 97.8 Å². The number of allylic oxidation sites excluding steroid dienone is 2. The highest BCUT2D eigenvalue weighted by molar-refractivity contribution is 6.22. The van der Waals surface area contributed by atoms with Gasteiger partial charge in [0.1, 0.15) is 11.5 Å². The lowest BCUT2D eigenvalue weighted by Crippen LogP contribution is -2.22. The third kappa shape index (κ3) is 4.19. The maximum absolute atomic E-state index is 12.5. The summed E-state index contributed by atoms with van der Waals surface area (Å²) in [6.45, 7) is 7.04. The molecule has 2 N–H and O–H groups in total. The smallest absolute Gasteiger partial charge is 0.204 e. The van der Waals surface area contributed by atoms with Crippen molar-refractivity contribution in [1.82, 2.24) is 0 Å². The highest BCUT2D eigenvalue weighted by atomic mass is 16.5. The van der Waals surface area contributed by atoms with E-state index in [1.165, 1.54) is 24.7 Å². The second-order valence-corrected chi connectivity index (χ2v) is 5.66. The minimum atomic E-state index is -0.349. The van der Waals surface area contributed by atoms with Gasteiger partial charge in [-0.25, -0.2) is 0 Å². The van der Waals surface area contributed by atoms with Gasteiger partial charge in [-0.2, -0.15) is 0 Å². The highest BCUT2D eigenvalue weighted by Crippen LogP contribution is 2.28. The number of ketones is 2. The lowest BCUT2D eigenvalue weighted by atomic mass is 10.1. The summed E-state index contributed by atoms with van der Waals surface area (Å²) in [6.07, 6.45) is 5.06. The van der Waals surface area contributed by atoms with E-state index in [-0.39, 0.29) is 23.0 Å². The number of carbonyl (C=O) groups is 2. The van der Waals surface area contributed by atoms with Gasteiger partial charge in [0.25, 0.3) is 0 Å². The maximum atomic E-state index is 12.5. The zero-order chi connectivity index (χ0) is 19.9. The summed E-state index contributed by atoms with van der Waals surface area (Å²) in [5.41, 5.74) is 1.38. The Kier molecular flexibility index (Phi) is 5.72. The van der Waals surface area contributed by atoms with Crippen molar-refractivity contribution in [1.29, 1.82) is 0 Å². The molecule has 0 amide bonds. The number of rotatable bonds is 8. The Morgan fingerprint density at radius 2 is 1.07 bits per heavy atom. The molecule has 0 fully saturated rings. The predicted octanol–water partition coefficient (Wildman–Crippen LogP) is 4.17. The third-order valence-corrected chi connectivity index (χ3v) is 3.82. The van der Waals surface area contributed by atoms with Crippen molar-refractivity contribution >= 4 is 22.9 Å². The van der Waals surface area contributed by atoms with E-state index < -0.39 is 0 Å².